The Balaban J connectivity index is 2.01. The van der Waals surface area contributed by atoms with Crippen LogP contribution in [0.5, 0.6) is 0 Å². The smallest absolute Gasteiger partial charge is 0.240 e. The Labute approximate surface area is 132 Å². The highest BCUT2D eigenvalue weighted by Gasteiger charge is 2.56. The fourth-order valence-corrected chi connectivity index (χ4v) is 2.57. The van der Waals surface area contributed by atoms with Crippen LogP contribution >= 0.6 is 0 Å². The molecule has 22 heavy (non-hydrogen) atoms. The molecule has 0 saturated heterocycles. The molecule has 1 aliphatic rings. The van der Waals surface area contributed by atoms with Gasteiger partial charge in [0, 0.05) is 12.2 Å². The van der Waals surface area contributed by atoms with Crippen LogP contribution in [0.3, 0.4) is 0 Å². The molecule has 0 aromatic heterocycles. The third kappa shape index (κ3) is 3.49. The van der Waals surface area contributed by atoms with Crippen LogP contribution in [0.1, 0.15) is 44.2 Å². The average molecular weight is 302 g/mol. The zero-order valence-electron chi connectivity index (χ0n) is 14.0. The summed E-state index contributed by atoms with van der Waals surface area (Å²) in [7, 11) is 0. The van der Waals surface area contributed by atoms with Gasteiger partial charge in [-0.25, -0.2) is 0 Å². The SMILES string of the molecule is Cc1cccc(C)c1NC(=O)C1(C(=O)NCCC(C)C)CC1. The molecule has 1 fully saturated rings. The number of benzene rings is 1. The first kappa shape index (κ1) is 16.5. The maximum absolute atomic E-state index is 12.6. The van der Waals surface area contributed by atoms with E-state index in [0.29, 0.717) is 25.3 Å². The summed E-state index contributed by atoms with van der Waals surface area (Å²) in [4.78, 5) is 24.9. The van der Waals surface area contributed by atoms with Gasteiger partial charge in [-0.2, -0.15) is 0 Å². The molecule has 1 aromatic carbocycles. The van der Waals surface area contributed by atoms with Crippen LogP contribution in [-0.2, 0) is 9.59 Å². The Morgan fingerprint density at radius 1 is 1.14 bits per heavy atom. The number of amides is 2. The number of para-hydroxylation sites is 1. The monoisotopic (exact) mass is 302 g/mol. The van der Waals surface area contributed by atoms with E-state index in [-0.39, 0.29) is 11.8 Å². The lowest BCUT2D eigenvalue weighted by atomic mass is 10.0. The molecule has 4 heteroatoms. The van der Waals surface area contributed by atoms with Crippen LogP contribution in [0.2, 0.25) is 0 Å². The fourth-order valence-electron chi connectivity index (χ4n) is 2.57. The van der Waals surface area contributed by atoms with Crippen LogP contribution < -0.4 is 10.6 Å². The summed E-state index contributed by atoms with van der Waals surface area (Å²) in [5, 5.41) is 5.87. The number of aryl methyl sites for hydroxylation is 2. The third-order valence-corrected chi connectivity index (χ3v) is 4.35. The molecule has 1 saturated carbocycles. The zero-order valence-corrected chi connectivity index (χ0v) is 14.0. The second-order valence-electron chi connectivity index (χ2n) is 6.74. The van der Waals surface area contributed by atoms with Crippen molar-refractivity contribution in [2.24, 2.45) is 11.3 Å². The van der Waals surface area contributed by atoms with Gasteiger partial charge in [0.1, 0.15) is 5.41 Å². The van der Waals surface area contributed by atoms with Crippen molar-refractivity contribution in [3.8, 4) is 0 Å². The van der Waals surface area contributed by atoms with Crippen LogP contribution in [0.25, 0.3) is 0 Å². The maximum atomic E-state index is 12.6. The van der Waals surface area contributed by atoms with E-state index in [1.807, 2.05) is 32.0 Å². The van der Waals surface area contributed by atoms with E-state index in [1.165, 1.54) is 0 Å². The fraction of sp³-hybridized carbons (Fsp3) is 0.556. The van der Waals surface area contributed by atoms with Crippen LogP contribution in [-0.4, -0.2) is 18.4 Å². The summed E-state index contributed by atoms with van der Waals surface area (Å²) >= 11 is 0. The Hall–Kier alpha value is -1.84. The summed E-state index contributed by atoms with van der Waals surface area (Å²) in [6.45, 7) is 8.80. The zero-order chi connectivity index (χ0) is 16.3. The Morgan fingerprint density at radius 2 is 1.73 bits per heavy atom. The largest absolute Gasteiger partial charge is 0.355 e. The van der Waals surface area contributed by atoms with Crippen molar-refractivity contribution in [2.75, 3.05) is 11.9 Å². The summed E-state index contributed by atoms with van der Waals surface area (Å²) in [5.41, 5.74) is 2.01. The Morgan fingerprint density at radius 3 is 2.23 bits per heavy atom. The first-order valence-electron chi connectivity index (χ1n) is 8.03. The molecule has 0 bridgehead atoms. The van der Waals surface area contributed by atoms with E-state index in [4.69, 9.17) is 0 Å². The first-order chi connectivity index (χ1) is 10.4. The van der Waals surface area contributed by atoms with Gasteiger partial charge in [-0.3, -0.25) is 9.59 Å². The minimum absolute atomic E-state index is 0.128. The van der Waals surface area contributed by atoms with Gasteiger partial charge >= 0.3 is 0 Å². The van der Waals surface area contributed by atoms with Gasteiger partial charge in [0.25, 0.3) is 0 Å². The summed E-state index contributed by atoms with van der Waals surface area (Å²) in [6.07, 6.45) is 2.20. The average Bonchev–Trinajstić information content (AvgIpc) is 3.24. The number of nitrogens with one attached hydrogen (secondary N) is 2. The van der Waals surface area contributed by atoms with Gasteiger partial charge in [-0.15, -0.1) is 0 Å². The summed E-state index contributed by atoms with van der Waals surface area (Å²) < 4.78 is 0. The van der Waals surface area contributed by atoms with Crippen molar-refractivity contribution < 1.29 is 9.59 Å². The first-order valence-corrected chi connectivity index (χ1v) is 8.03. The lowest BCUT2D eigenvalue weighted by molar-refractivity contribution is -0.134. The van der Waals surface area contributed by atoms with Crippen molar-refractivity contribution >= 4 is 17.5 Å². The minimum Gasteiger partial charge on any atom is -0.355 e. The van der Waals surface area contributed by atoms with E-state index >= 15 is 0 Å². The predicted octanol–water partition coefficient (Wildman–Crippen LogP) is 3.18. The molecule has 2 N–H and O–H groups in total. The van der Waals surface area contributed by atoms with Crippen molar-refractivity contribution in [3.63, 3.8) is 0 Å². The van der Waals surface area contributed by atoms with Gasteiger partial charge in [-0.1, -0.05) is 32.0 Å². The van der Waals surface area contributed by atoms with Crippen LogP contribution in [0.4, 0.5) is 5.69 Å². The molecule has 2 rings (SSSR count). The Kier molecular flexibility index (Phi) is 4.89. The highest BCUT2D eigenvalue weighted by molar-refractivity contribution is 6.13. The van der Waals surface area contributed by atoms with Gasteiger partial charge < -0.3 is 10.6 Å². The quantitative estimate of drug-likeness (QED) is 0.793. The number of carbonyl (C=O) groups is 2. The molecule has 0 unspecified atom stereocenters. The standard InChI is InChI=1S/C18H26N2O2/c1-12(2)8-11-19-16(21)18(9-10-18)17(22)20-15-13(3)6-5-7-14(15)4/h5-7,12H,8-11H2,1-4H3,(H,19,21)(H,20,22). The molecule has 0 aliphatic heterocycles. The number of anilines is 1. The molecule has 1 aromatic rings. The van der Waals surface area contributed by atoms with E-state index in [2.05, 4.69) is 24.5 Å². The summed E-state index contributed by atoms with van der Waals surface area (Å²) in [5.74, 6) is 0.239. The van der Waals surface area contributed by atoms with Gasteiger partial charge in [0.15, 0.2) is 0 Å². The van der Waals surface area contributed by atoms with E-state index in [0.717, 1.165) is 23.2 Å². The van der Waals surface area contributed by atoms with Gasteiger partial charge in [-0.05, 0) is 50.2 Å². The lowest BCUT2D eigenvalue weighted by Gasteiger charge is -2.18. The Bertz CT molecular complexity index is 554. The third-order valence-electron chi connectivity index (χ3n) is 4.35. The maximum Gasteiger partial charge on any atom is 0.240 e. The summed E-state index contributed by atoms with van der Waals surface area (Å²) in [6, 6.07) is 5.89. The molecular formula is C18H26N2O2. The van der Waals surface area contributed by atoms with E-state index < -0.39 is 5.41 Å². The molecule has 120 valence electrons. The minimum atomic E-state index is -0.855. The molecule has 2 amide bonds. The van der Waals surface area contributed by atoms with Gasteiger partial charge in [0.05, 0.1) is 0 Å². The van der Waals surface area contributed by atoms with Crippen molar-refractivity contribution in [1.29, 1.82) is 0 Å². The number of hydrogen-bond donors (Lipinski definition) is 2. The molecule has 1 aliphatic carbocycles. The topological polar surface area (TPSA) is 58.2 Å². The molecule has 0 radical (unpaired) electrons. The highest BCUT2D eigenvalue weighted by atomic mass is 16.2. The van der Waals surface area contributed by atoms with E-state index in [1.54, 1.807) is 0 Å². The lowest BCUT2D eigenvalue weighted by Crippen LogP contribution is -2.40. The molecular weight excluding hydrogens is 276 g/mol. The van der Waals surface area contributed by atoms with Crippen molar-refractivity contribution in [3.05, 3.63) is 29.3 Å². The normalized spacial score (nSPS) is 15.5. The van der Waals surface area contributed by atoms with Crippen LogP contribution in [0.15, 0.2) is 18.2 Å². The second kappa shape index (κ2) is 6.51. The van der Waals surface area contributed by atoms with Crippen molar-refractivity contribution in [2.45, 2.75) is 47.0 Å². The molecule has 4 nitrogen and oxygen atoms in total. The highest BCUT2D eigenvalue weighted by Crippen LogP contribution is 2.47. The molecule has 0 atom stereocenters. The number of hydrogen-bond acceptors (Lipinski definition) is 2. The second-order valence-corrected chi connectivity index (χ2v) is 6.74. The van der Waals surface area contributed by atoms with Gasteiger partial charge in [0.2, 0.25) is 11.8 Å². The van der Waals surface area contributed by atoms with Crippen LogP contribution in [0, 0.1) is 25.2 Å². The van der Waals surface area contributed by atoms with Crippen molar-refractivity contribution in [1.82, 2.24) is 5.32 Å². The molecule has 0 spiro atoms. The predicted molar refractivity (Wildman–Crippen MR) is 88.7 cm³/mol. The van der Waals surface area contributed by atoms with E-state index in [9.17, 15) is 9.59 Å². The molecule has 0 heterocycles. The number of rotatable bonds is 6. The number of carbonyl (C=O) groups excluding carboxylic acids is 2.